The molecule has 4 rings (SSSR count). The minimum absolute atomic E-state index is 0.0594. The fourth-order valence-electron chi connectivity index (χ4n) is 4.04. The molecule has 1 N–H and O–H groups in total. The third-order valence-electron chi connectivity index (χ3n) is 5.88. The van der Waals surface area contributed by atoms with Gasteiger partial charge in [-0.05, 0) is 43.2 Å². The first-order valence-corrected chi connectivity index (χ1v) is 12.9. The molecule has 0 bridgehead atoms. The Balaban J connectivity index is 1.33. The van der Waals surface area contributed by atoms with Gasteiger partial charge in [-0.2, -0.15) is 4.31 Å². The van der Waals surface area contributed by atoms with Crippen LogP contribution in [0.1, 0.15) is 31.2 Å². The van der Waals surface area contributed by atoms with Gasteiger partial charge in [-0.3, -0.25) is 9.59 Å². The molecule has 1 amide bonds. The van der Waals surface area contributed by atoms with Crippen molar-refractivity contribution in [3.63, 3.8) is 0 Å². The van der Waals surface area contributed by atoms with E-state index in [1.165, 1.54) is 22.7 Å². The van der Waals surface area contributed by atoms with Gasteiger partial charge in [-0.15, -0.1) is 0 Å². The van der Waals surface area contributed by atoms with Gasteiger partial charge < -0.3 is 19.2 Å². The van der Waals surface area contributed by atoms with Crippen LogP contribution in [0.2, 0.25) is 0 Å². The van der Waals surface area contributed by atoms with Crippen molar-refractivity contribution in [1.29, 1.82) is 0 Å². The van der Waals surface area contributed by atoms with Crippen molar-refractivity contribution in [2.45, 2.75) is 37.0 Å². The molecule has 0 saturated carbocycles. The fourth-order valence-corrected chi connectivity index (χ4v) is 5.61. The molecule has 0 unspecified atom stereocenters. The molecule has 35 heavy (non-hydrogen) atoms. The van der Waals surface area contributed by atoms with Crippen molar-refractivity contribution < 1.29 is 31.9 Å². The van der Waals surface area contributed by atoms with Crippen molar-refractivity contribution in [2.24, 2.45) is 0 Å². The van der Waals surface area contributed by atoms with Gasteiger partial charge in [0.15, 0.2) is 6.61 Å². The van der Waals surface area contributed by atoms with E-state index < -0.39 is 28.5 Å². The first kappa shape index (κ1) is 24.7. The van der Waals surface area contributed by atoms with Gasteiger partial charge in [0, 0.05) is 35.8 Å². The Morgan fingerprint density at radius 1 is 1.06 bits per heavy atom. The second-order valence-electron chi connectivity index (χ2n) is 8.35. The number of nitrogens with one attached hydrogen (secondary N) is 1. The van der Waals surface area contributed by atoms with E-state index in [4.69, 9.17) is 13.9 Å². The van der Waals surface area contributed by atoms with Crippen LogP contribution in [0.5, 0.6) is 5.75 Å². The predicted octanol–water partition coefficient (Wildman–Crippen LogP) is 3.73. The van der Waals surface area contributed by atoms with Crippen LogP contribution in [0.15, 0.2) is 58.0 Å². The number of carbonyl (C=O) groups excluding carboxylic acids is 2. The molecule has 3 aromatic rings. The quantitative estimate of drug-likeness (QED) is 0.469. The van der Waals surface area contributed by atoms with Crippen LogP contribution in [-0.2, 0) is 30.8 Å². The number of hydrogen-bond donors (Lipinski definition) is 1. The lowest BCUT2D eigenvalue weighted by molar-refractivity contribution is -0.146. The summed E-state index contributed by atoms with van der Waals surface area (Å²) in [4.78, 5) is 24.7. The highest BCUT2D eigenvalue weighted by Crippen LogP contribution is 2.26. The average molecular weight is 501 g/mol. The maximum atomic E-state index is 13.0. The molecule has 1 fully saturated rings. The van der Waals surface area contributed by atoms with Gasteiger partial charge in [-0.1, -0.05) is 18.9 Å². The SMILES string of the molecule is COc1ccc2c(CC(=O)OCC(=O)Nc3cccc(S(=O)(=O)N4CCCCCC4)c3)coc2c1. The number of methoxy groups -OCH3 is 1. The van der Waals surface area contributed by atoms with Gasteiger partial charge in [0.05, 0.1) is 24.7 Å². The normalized spacial score (nSPS) is 14.9. The topological polar surface area (TPSA) is 115 Å². The molecule has 1 aliphatic rings. The number of sulfonamides is 1. The number of ether oxygens (including phenoxy) is 2. The molecule has 9 nitrogen and oxygen atoms in total. The second-order valence-corrected chi connectivity index (χ2v) is 10.3. The van der Waals surface area contributed by atoms with Gasteiger partial charge in [-0.25, -0.2) is 8.42 Å². The molecule has 1 aliphatic heterocycles. The van der Waals surface area contributed by atoms with E-state index in [1.807, 2.05) is 0 Å². The Morgan fingerprint density at radius 2 is 1.83 bits per heavy atom. The predicted molar refractivity (Wildman–Crippen MR) is 130 cm³/mol. The Hall–Kier alpha value is -3.37. The monoisotopic (exact) mass is 500 g/mol. The first-order valence-electron chi connectivity index (χ1n) is 11.5. The van der Waals surface area contributed by atoms with E-state index in [1.54, 1.807) is 37.4 Å². The summed E-state index contributed by atoms with van der Waals surface area (Å²) in [5.74, 6) is -0.512. The lowest BCUT2D eigenvalue weighted by Crippen LogP contribution is -2.32. The largest absolute Gasteiger partial charge is 0.497 e. The molecule has 0 aliphatic carbocycles. The highest BCUT2D eigenvalue weighted by molar-refractivity contribution is 7.89. The molecule has 10 heteroatoms. The number of fused-ring (bicyclic) bond motifs is 1. The lowest BCUT2D eigenvalue weighted by atomic mass is 10.1. The van der Waals surface area contributed by atoms with Crippen LogP contribution < -0.4 is 10.1 Å². The summed E-state index contributed by atoms with van der Waals surface area (Å²) in [5, 5.41) is 3.35. The van der Waals surface area contributed by atoms with Crippen LogP contribution in [0.25, 0.3) is 11.0 Å². The van der Waals surface area contributed by atoms with Gasteiger partial charge in [0.1, 0.15) is 11.3 Å². The standard InChI is InChI=1S/C25H28N2O7S/c1-32-20-9-10-22-18(16-33-23(22)15-20)13-25(29)34-17-24(28)26-19-7-6-8-21(14-19)35(30,31)27-11-4-2-3-5-12-27/h6-10,14-16H,2-5,11-13,17H2,1H3,(H,26,28). The summed E-state index contributed by atoms with van der Waals surface area (Å²) < 4.78 is 43.2. The van der Waals surface area contributed by atoms with E-state index in [-0.39, 0.29) is 11.3 Å². The number of anilines is 1. The number of amides is 1. The molecular formula is C25H28N2O7S. The van der Waals surface area contributed by atoms with Crippen LogP contribution in [0.4, 0.5) is 5.69 Å². The first-order chi connectivity index (χ1) is 16.9. The third-order valence-corrected chi connectivity index (χ3v) is 7.78. The van der Waals surface area contributed by atoms with Gasteiger partial charge in [0.25, 0.3) is 5.91 Å². The second kappa shape index (κ2) is 10.9. The van der Waals surface area contributed by atoms with Crippen molar-refractivity contribution in [3.8, 4) is 5.75 Å². The zero-order chi connectivity index (χ0) is 24.8. The summed E-state index contributed by atoms with van der Waals surface area (Å²) in [6.07, 6.45) is 5.13. The Bertz CT molecular complexity index is 1310. The summed E-state index contributed by atoms with van der Waals surface area (Å²) in [6, 6.07) is 11.4. The van der Waals surface area contributed by atoms with E-state index in [2.05, 4.69) is 5.32 Å². The van der Waals surface area contributed by atoms with Crippen LogP contribution in [0.3, 0.4) is 0 Å². The number of carbonyl (C=O) groups is 2. The number of esters is 1. The van der Waals surface area contributed by atoms with Crippen molar-refractivity contribution in [3.05, 3.63) is 54.3 Å². The zero-order valence-electron chi connectivity index (χ0n) is 19.5. The van der Waals surface area contributed by atoms with E-state index in [9.17, 15) is 18.0 Å². The van der Waals surface area contributed by atoms with Crippen LogP contribution in [0, 0.1) is 0 Å². The Kier molecular flexibility index (Phi) is 7.72. The Labute approximate surface area is 204 Å². The van der Waals surface area contributed by atoms with Crippen molar-refractivity contribution >= 4 is 38.6 Å². The number of nitrogens with zero attached hydrogens (tertiary/aromatic N) is 1. The maximum Gasteiger partial charge on any atom is 0.310 e. The summed E-state index contributed by atoms with van der Waals surface area (Å²) in [7, 11) is -2.09. The van der Waals surface area contributed by atoms with E-state index in [0.29, 0.717) is 35.7 Å². The minimum atomic E-state index is -3.64. The lowest BCUT2D eigenvalue weighted by Gasteiger charge is -2.20. The third kappa shape index (κ3) is 6.01. The molecule has 2 heterocycles. The smallest absolute Gasteiger partial charge is 0.310 e. The molecule has 0 radical (unpaired) electrons. The molecule has 1 saturated heterocycles. The molecule has 2 aromatic carbocycles. The number of hydrogen-bond acceptors (Lipinski definition) is 7. The highest BCUT2D eigenvalue weighted by atomic mass is 32.2. The van der Waals surface area contributed by atoms with Crippen molar-refractivity contribution in [2.75, 3.05) is 32.1 Å². The van der Waals surface area contributed by atoms with Gasteiger partial charge >= 0.3 is 5.97 Å². The minimum Gasteiger partial charge on any atom is -0.497 e. The molecule has 186 valence electrons. The summed E-state index contributed by atoms with van der Waals surface area (Å²) in [5.41, 5.74) is 1.54. The summed E-state index contributed by atoms with van der Waals surface area (Å²) >= 11 is 0. The van der Waals surface area contributed by atoms with E-state index >= 15 is 0 Å². The number of furan rings is 1. The van der Waals surface area contributed by atoms with E-state index in [0.717, 1.165) is 31.1 Å². The van der Waals surface area contributed by atoms with Crippen LogP contribution >= 0.6 is 0 Å². The van der Waals surface area contributed by atoms with Crippen molar-refractivity contribution in [1.82, 2.24) is 4.31 Å². The number of rotatable bonds is 8. The molecule has 1 aromatic heterocycles. The zero-order valence-corrected chi connectivity index (χ0v) is 20.3. The van der Waals surface area contributed by atoms with Gasteiger partial charge in [0.2, 0.25) is 10.0 Å². The molecule has 0 spiro atoms. The summed E-state index contributed by atoms with van der Waals surface area (Å²) in [6.45, 7) is 0.494. The Morgan fingerprint density at radius 3 is 2.57 bits per heavy atom. The average Bonchev–Trinajstić information content (AvgIpc) is 3.05. The number of benzene rings is 2. The maximum absolute atomic E-state index is 13.0. The highest BCUT2D eigenvalue weighted by Gasteiger charge is 2.25. The van der Waals surface area contributed by atoms with Crippen LogP contribution in [-0.4, -0.2) is 51.4 Å². The fraction of sp³-hybridized carbons (Fsp3) is 0.360. The molecule has 0 atom stereocenters. The molecular weight excluding hydrogens is 472 g/mol.